The van der Waals surface area contributed by atoms with Gasteiger partial charge in [0, 0.05) is 23.6 Å². The smallest absolute Gasteiger partial charge is 0.261 e. The summed E-state index contributed by atoms with van der Waals surface area (Å²) in [6, 6.07) is 14.2. The molecule has 0 radical (unpaired) electrons. The molecule has 0 amide bonds. The van der Waals surface area contributed by atoms with Gasteiger partial charge >= 0.3 is 0 Å². The lowest BCUT2D eigenvalue weighted by Gasteiger charge is -2.10. The van der Waals surface area contributed by atoms with Crippen molar-refractivity contribution in [3.05, 3.63) is 78.4 Å². The van der Waals surface area contributed by atoms with E-state index in [2.05, 4.69) is 30.3 Å². The average Bonchev–Trinajstić information content (AvgIpc) is 3.45. The van der Waals surface area contributed by atoms with E-state index in [4.69, 9.17) is 0 Å². The zero-order chi connectivity index (χ0) is 22.3. The fourth-order valence-electron chi connectivity index (χ4n) is 3.37. The van der Waals surface area contributed by atoms with Crippen molar-refractivity contribution in [1.29, 1.82) is 0 Å². The number of fused-ring (bicyclic) bond motifs is 1. The third-order valence-corrected chi connectivity index (χ3v) is 6.30. The third-order valence-electron chi connectivity index (χ3n) is 4.92. The van der Waals surface area contributed by atoms with Crippen molar-refractivity contribution < 1.29 is 12.8 Å². The molecule has 0 unspecified atom stereocenters. The quantitative estimate of drug-likeness (QED) is 0.424. The van der Waals surface area contributed by atoms with Crippen molar-refractivity contribution >= 4 is 21.4 Å². The Morgan fingerprint density at radius 2 is 1.97 bits per heavy atom. The van der Waals surface area contributed by atoms with Crippen LogP contribution in [0.4, 0.5) is 10.1 Å². The number of nitrogens with zero attached hydrogens (tertiary/aromatic N) is 5. The van der Waals surface area contributed by atoms with Crippen molar-refractivity contribution in [3.63, 3.8) is 0 Å². The lowest BCUT2D eigenvalue weighted by Crippen LogP contribution is -2.13. The Kier molecular flexibility index (Phi) is 4.67. The van der Waals surface area contributed by atoms with Crippen molar-refractivity contribution in [1.82, 2.24) is 30.0 Å². The topological polar surface area (TPSA) is 118 Å². The number of rotatable bonds is 5. The van der Waals surface area contributed by atoms with Gasteiger partial charge in [0.2, 0.25) is 5.82 Å². The van der Waals surface area contributed by atoms with E-state index >= 15 is 0 Å². The monoisotopic (exact) mass is 449 g/mol. The standard InChI is InChI=1S/C21H16FN7O2S/c1-13-4-3-9-29-12-19(23-21(13)29)14-5-2-6-15(10-14)26-32(30,31)16-7-8-18(22)17(11-16)20-24-27-28-25-20/h2-12,26H,1H3,(H,24,25,27,28). The lowest BCUT2D eigenvalue weighted by molar-refractivity contribution is 0.600. The number of benzene rings is 2. The van der Waals surface area contributed by atoms with Gasteiger partial charge in [-0.05, 0) is 54.1 Å². The molecule has 0 aliphatic heterocycles. The van der Waals surface area contributed by atoms with Gasteiger partial charge in [-0.15, -0.1) is 10.2 Å². The number of nitrogens with one attached hydrogen (secondary N) is 2. The van der Waals surface area contributed by atoms with E-state index in [1.165, 1.54) is 6.07 Å². The summed E-state index contributed by atoms with van der Waals surface area (Å²) in [7, 11) is -4.00. The van der Waals surface area contributed by atoms with Crippen LogP contribution < -0.4 is 4.72 Å². The second kappa shape index (κ2) is 7.54. The Morgan fingerprint density at radius 1 is 1.09 bits per heavy atom. The highest BCUT2D eigenvalue weighted by molar-refractivity contribution is 7.92. The first-order chi connectivity index (χ1) is 15.4. The number of aryl methyl sites for hydroxylation is 1. The molecule has 11 heteroatoms. The van der Waals surface area contributed by atoms with Crippen LogP contribution in [0.2, 0.25) is 0 Å². The molecule has 3 aromatic heterocycles. The molecule has 0 bridgehead atoms. The fourth-order valence-corrected chi connectivity index (χ4v) is 4.44. The van der Waals surface area contributed by atoms with Crippen LogP contribution in [0.25, 0.3) is 28.3 Å². The number of aromatic nitrogens is 6. The molecule has 32 heavy (non-hydrogen) atoms. The van der Waals surface area contributed by atoms with Gasteiger partial charge < -0.3 is 4.40 Å². The molecule has 2 aromatic carbocycles. The molecule has 9 nitrogen and oxygen atoms in total. The normalized spacial score (nSPS) is 11.7. The minimum atomic E-state index is -4.00. The molecule has 5 aromatic rings. The van der Waals surface area contributed by atoms with Gasteiger partial charge in [0.1, 0.15) is 11.5 Å². The number of anilines is 1. The highest BCUT2D eigenvalue weighted by Crippen LogP contribution is 2.27. The van der Waals surface area contributed by atoms with Crippen LogP contribution in [-0.4, -0.2) is 38.4 Å². The van der Waals surface area contributed by atoms with Crippen LogP contribution in [0.3, 0.4) is 0 Å². The van der Waals surface area contributed by atoms with E-state index in [9.17, 15) is 12.8 Å². The van der Waals surface area contributed by atoms with Gasteiger partial charge in [-0.1, -0.05) is 18.2 Å². The molecule has 0 aliphatic rings. The fraction of sp³-hybridized carbons (Fsp3) is 0.0476. The Bertz CT molecular complexity index is 1550. The van der Waals surface area contributed by atoms with Crippen LogP contribution in [0.15, 0.2) is 71.9 Å². The number of pyridine rings is 1. The molecule has 5 rings (SSSR count). The zero-order valence-electron chi connectivity index (χ0n) is 16.7. The van der Waals surface area contributed by atoms with Crippen molar-refractivity contribution in [2.75, 3.05) is 4.72 Å². The van der Waals surface area contributed by atoms with Gasteiger partial charge in [-0.2, -0.15) is 5.21 Å². The van der Waals surface area contributed by atoms with E-state index in [0.29, 0.717) is 11.4 Å². The summed E-state index contributed by atoms with van der Waals surface area (Å²) >= 11 is 0. The van der Waals surface area contributed by atoms with Crippen LogP contribution in [0.5, 0.6) is 0 Å². The van der Waals surface area contributed by atoms with Gasteiger partial charge in [0.25, 0.3) is 10.0 Å². The van der Waals surface area contributed by atoms with E-state index in [-0.39, 0.29) is 16.3 Å². The first-order valence-corrected chi connectivity index (χ1v) is 11.0. The maximum absolute atomic E-state index is 14.2. The molecular formula is C21H16FN7O2S. The predicted molar refractivity (Wildman–Crippen MR) is 116 cm³/mol. The van der Waals surface area contributed by atoms with Crippen LogP contribution in [-0.2, 0) is 10.0 Å². The highest BCUT2D eigenvalue weighted by Gasteiger charge is 2.19. The molecule has 0 aliphatic carbocycles. The first-order valence-electron chi connectivity index (χ1n) is 9.52. The number of aromatic amines is 1. The predicted octanol–water partition coefficient (Wildman–Crippen LogP) is 3.43. The van der Waals surface area contributed by atoms with E-state index < -0.39 is 15.8 Å². The number of H-pyrrole nitrogens is 1. The number of imidazole rings is 1. The Morgan fingerprint density at radius 3 is 2.75 bits per heavy atom. The van der Waals surface area contributed by atoms with E-state index in [1.807, 2.05) is 41.9 Å². The first kappa shape index (κ1) is 19.8. The zero-order valence-corrected chi connectivity index (χ0v) is 17.5. The molecule has 3 heterocycles. The number of tetrazole rings is 1. The van der Waals surface area contributed by atoms with Gasteiger partial charge in [-0.25, -0.2) is 17.8 Å². The number of hydrogen-bond donors (Lipinski definition) is 2. The molecular weight excluding hydrogens is 433 g/mol. The van der Waals surface area contributed by atoms with Crippen molar-refractivity contribution in [2.45, 2.75) is 11.8 Å². The van der Waals surface area contributed by atoms with Crippen molar-refractivity contribution in [3.8, 4) is 22.6 Å². The summed E-state index contributed by atoms with van der Waals surface area (Å²) in [6.07, 6.45) is 3.79. The van der Waals surface area contributed by atoms with E-state index in [1.54, 1.807) is 18.2 Å². The summed E-state index contributed by atoms with van der Waals surface area (Å²) in [4.78, 5) is 4.52. The lowest BCUT2D eigenvalue weighted by atomic mass is 10.1. The largest absolute Gasteiger partial charge is 0.306 e. The molecule has 2 N–H and O–H groups in total. The third kappa shape index (κ3) is 3.58. The summed E-state index contributed by atoms with van der Waals surface area (Å²) in [5.41, 5.74) is 3.59. The molecule has 160 valence electrons. The summed E-state index contributed by atoms with van der Waals surface area (Å²) in [5.74, 6) is -0.696. The molecule has 0 fully saturated rings. The number of hydrogen-bond acceptors (Lipinski definition) is 6. The second-order valence-electron chi connectivity index (χ2n) is 7.11. The number of halogens is 1. The van der Waals surface area contributed by atoms with Gasteiger partial charge in [-0.3, -0.25) is 4.72 Å². The maximum atomic E-state index is 14.2. The minimum Gasteiger partial charge on any atom is -0.306 e. The minimum absolute atomic E-state index is 0.0383. The van der Waals surface area contributed by atoms with Gasteiger partial charge in [0.05, 0.1) is 16.2 Å². The Balaban J connectivity index is 1.48. The summed E-state index contributed by atoms with van der Waals surface area (Å²) in [6.45, 7) is 1.97. The SMILES string of the molecule is Cc1cccn2cc(-c3cccc(NS(=O)(=O)c4ccc(F)c(-c5nn[nH]n5)c4)c3)nc12. The van der Waals surface area contributed by atoms with E-state index in [0.717, 1.165) is 28.9 Å². The Labute approximate surface area is 182 Å². The molecule has 0 spiro atoms. The van der Waals surface area contributed by atoms with Crippen LogP contribution in [0.1, 0.15) is 5.56 Å². The summed E-state index contributed by atoms with van der Waals surface area (Å²) < 4.78 is 44.5. The average molecular weight is 449 g/mol. The molecule has 0 atom stereocenters. The van der Waals surface area contributed by atoms with Crippen LogP contribution in [0, 0.1) is 12.7 Å². The number of sulfonamides is 1. The molecule has 0 saturated heterocycles. The Hall–Kier alpha value is -4.12. The molecule has 0 saturated carbocycles. The second-order valence-corrected chi connectivity index (χ2v) is 8.79. The summed E-state index contributed by atoms with van der Waals surface area (Å²) in [5, 5.41) is 13.0. The van der Waals surface area contributed by atoms with Crippen molar-refractivity contribution in [2.24, 2.45) is 0 Å². The van der Waals surface area contributed by atoms with Gasteiger partial charge in [0.15, 0.2) is 0 Å². The maximum Gasteiger partial charge on any atom is 0.261 e. The van der Waals surface area contributed by atoms with Crippen LogP contribution >= 0.6 is 0 Å². The highest BCUT2D eigenvalue weighted by atomic mass is 32.2.